The van der Waals surface area contributed by atoms with Gasteiger partial charge in [0, 0.05) is 18.6 Å². The van der Waals surface area contributed by atoms with E-state index < -0.39 is 0 Å². The molecule has 2 nitrogen and oxygen atoms in total. The van der Waals surface area contributed by atoms with E-state index in [1.807, 2.05) is 0 Å². The predicted octanol–water partition coefficient (Wildman–Crippen LogP) is 1.52. The van der Waals surface area contributed by atoms with Gasteiger partial charge in [0.2, 0.25) is 0 Å². The van der Waals surface area contributed by atoms with Gasteiger partial charge in [-0.15, -0.1) is 0 Å². The van der Waals surface area contributed by atoms with E-state index in [0.29, 0.717) is 0 Å². The van der Waals surface area contributed by atoms with Crippen LogP contribution in [0.5, 0.6) is 0 Å². The summed E-state index contributed by atoms with van der Waals surface area (Å²) < 4.78 is 0. The molecule has 1 aliphatic heterocycles. The van der Waals surface area contributed by atoms with Crippen molar-refractivity contribution in [3.63, 3.8) is 0 Å². The molecule has 0 spiro atoms. The molecule has 1 heterocycles. The van der Waals surface area contributed by atoms with Crippen molar-refractivity contribution in [1.29, 1.82) is 0 Å². The molecule has 2 heteroatoms. The first-order chi connectivity index (χ1) is 6.36. The Kier molecular flexibility index (Phi) is 3.23. The van der Waals surface area contributed by atoms with Crippen LogP contribution in [0.1, 0.15) is 39.0 Å². The van der Waals surface area contributed by atoms with Crippen LogP contribution in [0.3, 0.4) is 0 Å². The highest BCUT2D eigenvalue weighted by atomic mass is 15.0. The molecular formula is C11H22N2. The van der Waals surface area contributed by atoms with Gasteiger partial charge >= 0.3 is 0 Å². The Hall–Kier alpha value is -0.0800. The molecule has 0 radical (unpaired) electrons. The fourth-order valence-corrected chi connectivity index (χ4v) is 2.76. The van der Waals surface area contributed by atoms with E-state index in [0.717, 1.165) is 18.0 Å². The first-order valence-electron chi connectivity index (χ1n) is 5.83. The van der Waals surface area contributed by atoms with E-state index >= 15 is 0 Å². The second-order valence-corrected chi connectivity index (χ2v) is 4.69. The summed E-state index contributed by atoms with van der Waals surface area (Å²) in [6.45, 7) is 4.75. The van der Waals surface area contributed by atoms with Crippen LogP contribution < -0.4 is 10.6 Å². The topological polar surface area (TPSA) is 24.1 Å². The summed E-state index contributed by atoms with van der Waals surface area (Å²) in [5, 5.41) is 7.16. The van der Waals surface area contributed by atoms with Crippen molar-refractivity contribution in [2.45, 2.75) is 51.1 Å². The van der Waals surface area contributed by atoms with E-state index in [2.05, 4.69) is 17.6 Å². The van der Waals surface area contributed by atoms with Crippen molar-refractivity contribution in [3.8, 4) is 0 Å². The Morgan fingerprint density at radius 1 is 1.23 bits per heavy atom. The Morgan fingerprint density at radius 3 is 2.62 bits per heavy atom. The van der Waals surface area contributed by atoms with Crippen molar-refractivity contribution >= 4 is 0 Å². The highest BCUT2D eigenvalue weighted by Gasteiger charge is 2.24. The first kappa shape index (κ1) is 9.47. The molecule has 2 unspecified atom stereocenters. The van der Waals surface area contributed by atoms with Crippen molar-refractivity contribution in [3.05, 3.63) is 0 Å². The summed E-state index contributed by atoms with van der Waals surface area (Å²) in [4.78, 5) is 0. The van der Waals surface area contributed by atoms with Crippen molar-refractivity contribution in [2.75, 3.05) is 13.1 Å². The van der Waals surface area contributed by atoms with Gasteiger partial charge in [-0.25, -0.2) is 0 Å². The number of hydrogen-bond acceptors (Lipinski definition) is 2. The van der Waals surface area contributed by atoms with Crippen molar-refractivity contribution < 1.29 is 0 Å². The molecular weight excluding hydrogens is 160 g/mol. The zero-order valence-electron chi connectivity index (χ0n) is 8.68. The summed E-state index contributed by atoms with van der Waals surface area (Å²) in [5.41, 5.74) is 0. The van der Waals surface area contributed by atoms with Gasteiger partial charge in [-0.05, 0) is 38.6 Å². The average molecular weight is 182 g/mol. The van der Waals surface area contributed by atoms with E-state index in [4.69, 9.17) is 0 Å². The summed E-state index contributed by atoms with van der Waals surface area (Å²) >= 11 is 0. The summed E-state index contributed by atoms with van der Waals surface area (Å²) in [6, 6.07) is 1.49. The van der Waals surface area contributed by atoms with Crippen LogP contribution >= 0.6 is 0 Å². The summed E-state index contributed by atoms with van der Waals surface area (Å²) in [7, 11) is 0. The van der Waals surface area contributed by atoms with Gasteiger partial charge in [-0.1, -0.05) is 12.8 Å². The SMILES string of the molecule is CC(NC1CCNC1)C1CCCC1. The second kappa shape index (κ2) is 4.43. The molecule has 13 heavy (non-hydrogen) atoms. The minimum absolute atomic E-state index is 0.743. The third kappa shape index (κ3) is 2.44. The van der Waals surface area contributed by atoms with Crippen molar-refractivity contribution in [2.24, 2.45) is 5.92 Å². The van der Waals surface area contributed by atoms with Crippen LogP contribution in [0.15, 0.2) is 0 Å². The summed E-state index contributed by atoms with van der Waals surface area (Å²) in [5.74, 6) is 0.959. The fourth-order valence-electron chi connectivity index (χ4n) is 2.76. The van der Waals surface area contributed by atoms with Crippen molar-refractivity contribution in [1.82, 2.24) is 10.6 Å². The van der Waals surface area contributed by atoms with Crippen LogP contribution in [0, 0.1) is 5.92 Å². The van der Waals surface area contributed by atoms with Crippen LogP contribution in [-0.2, 0) is 0 Å². The maximum absolute atomic E-state index is 3.76. The Morgan fingerprint density at radius 2 is 2.00 bits per heavy atom. The van der Waals surface area contributed by atoms with Gasteiger partial charge in [0.25, 0.3) is 0 Å². The van der Waals surface area contributed by atoms with Crippen LogP contribution in [0.25, 0.3) is 0 Å². The molecule has 2 fully saturated rings. The molecule has 0 bridgehead atoms. The lowest BCUT2D eigenvalue weighted by Gasteiger charge is -2.24. The smallest absolute Gasteiger partial charge is 0.0207 e. The van der Waals surface area contributed by atoms with E-state index in [1.54, 1.807) is 0 Å². The average Bonchev–Trinajstić information content (AvgIpc) is 2.74. The predicted molar refractivity (Wildman–Crippen MR) is 55.8 cm³/mol. The molecule has 1 saturated carbocycles. The Labute approximate surface area is 81.5 Å². The quantitative estimate of drug-likeness (QED) is 0.691. The minimum Gasteiger partial charge on any atom is -0.315 e. The zero-order chi connectivity index (χ0) is 9.10. The van der Waals surface area contributed by atoms with Gasteiger partial charge < -0.3 is 10.6 Å². The van der Waals surface area contributed by atoms with E-state index in [-0.39, 0.29) is 0 Å². The molecule has 0 aromatic carbocycles. The van der Waals surface area contributed by atoms with Crippen LogP contribution in [-0.4, -0.2) is 25.2 Å². The lowest BCUT2D eigenvalue weighted by molar-refractivity contribution is 0.349. The van der Waals surface area contributed by atoms with Gasteiger partial charge in [-0.3, -0.25) is 0 Å². The van der Waals surface area contributed by atoms with Gasteiger partial charge in [-0.2, -0.15) is 0 Å². The zero-order valence-corrected chi connectivity index (χ0v) is 8.68. The normalized spacial score (nSPS) is 32.5. The molecule has 2 aliphatic rings. The lowest BCUT2D eigenvalue weighted by atomic mass is 9.99. The largest absolute Gasteiger partial charge is 0.315 e. The third-order valence-electron chi connectivity index (χ3n) is 3.67. The molecule has 2 N–H and O–H groups in total. The molecule has 1 aliphatic carbocycles. The highest BCUT2D eigenvalue weighted by Crippen LogP contribution is 2.27. The van der Waals surface area contributed by atoms with E-state index in [9.17, 15) is 0 Å². The lowest BCUT2D eigenvalue weighted by Crippen LogP contribution is -2.41. The molecule has 0 aromatic rings. The van der Waals surface area contributed by atoms with Gasteiger partial charge in [0.1, 0.15) is 0 Å². The molecule has 0 aromatic heterocycles. The number of nitrogens with one attached hydrogen (secondary N) is 2. The van der Waals surface area contributed by atoms with Crippen LogP contribution in [0.2, 0.25) is 0 Å². The number of hydrogen-bond donors (Lipinski definition) is 2. The molecule has 1 saturated heterocycles. The van der Waals surface area contributed by atoms with Gasteiger partial charge in [0.05, 0.1) is 0 Å². The standard InChI is InChI=1S/C11H22N2/c1-9(10-4-2-3-5-10)13-11-6-7-12-8-11/h9-13H,2-8H2,1H3. The monoisotopic (exact) mass is 182 g/mol. The molecule has 2 atom stereocenters. The van der Waals surface area contributed by atoms with Crippen LogP contribution in [0.4, 0.5) is 0 Å². The Balaban J connectivity index is 1.73. The molecule has 76 valence electrons. The summed E-state index contributed by atoms with van der Waals surface area (Å²) in [6.07, 6.45) is 7.14. The first-order valence-corrected chi connectivity index (χ1v) is 5.83. The minimum atomic E-state index is 0.743. The second-order valence-electron chi connectivity index (χ2n) is 4.69. The molecule has 2 rings (SSSR count). The maximum Gasteiger partial charge on any atom is 0.0207 e. The maximum atomic E-state index is 3.76. The Bertz CT molecular complexity index is 146. The number of rotatable bonds is 3. The fraction of sp³-hybridized carbons (Fsp3) is 1.00. The molecule has 0 amide bonds. The van der Waals surface area contributed by atoms with E-state index in [1.165, 1.54) is 45.2 Å². The third-order valence-corrected chi connectivity index (χ3v) is 3.67. The highest BCUT2D eigenvalue weighted by molar-refractivity contribution is 4.84. The van der Waals surface area contributed by atoms with Gasteiger partial charge in [0.15, 0.2) is 0 Å².